The zero-order valence-electron chi connectivity index (χ0n) is 7.48. The number of hydrogen-bond donors (Lipinski definition) is 1. The van der Waals surface area contributed by atoms with E-state index < -0.39 is 0 Å². The smallest absolute Gasteiger partial charge is 0.182 e. The summed E-state index contributed by atoms with van der Waals surface area (Å²) in [6.45, 7) is 2.00. The van der Waals surface area contributed by atoms with Crippen LogP contribution in [0.25, 0.3) is 5.69 Å². The molecular weight excluding hydrogens is 184 g/mol. The van der Waals surface area contributed by atoms with E-state index in [-0.39, 0.29) is 0 Å². The fraction of sp³-hybridized carbons (Fsp3) is 0.250. The molecule has 0 saturated heterocycles. The quantitative estimate of drug-likeness (QED) is 0.700. The molecule has 2 rings (SSSR count). The van der Waals surface area contributed by atoms with E-state index in [2.05, 4.69) is 10.1 Å². The molecule has 0 spiro atoms. The molecule has 0 bridgehead atoms. The van der Waals surface area contributed by atoms with Gasteiger partial charge in [0, 0.05) is 25.1 Å². The van der Waals surface area contributed by atoms with Gasteiger partial charge in [0.15, 0.2) is 4.77 Å². The summed E-state index contributed by atoms with van der Waals surface area (Å²) >= 11 is 5.13. The Morgan fingerprint density at radius 1 is 1.54 bits per heavy atom. The van der Waals surface area contributed by atoms with Crippen LogP contribution in [0.4, 0.5) is 0 Å². The number of rotatable bonds is 1. The van der Waals surface area contributed by atoms with Crippen molar-refractivity contribution < 1.29 is 0 Å². The molecule has 0 aliphatic heterocycles. The molecule has 0 amide bonds. The van der Waals surface area contributed by atoms with E-state index in [4.69, 9.17) is 12.2 Å². The Balaban J connectivity index is 2.64. The van der Waals surface area contributed by atoms with E-state index in [1.807, 2.05) is 30.9 Å². The Morgan fingerprint density at radius 2 is 2.31 bits per heavy atom. The Bertz CT molecular complexity index is 476. The molecule has 0 aliphatic rings. The van der Waals surface area contributed by atoms with Gasteiger partial charge in [-0.15, -0.1) is 0 Å². The summed E-state index contributed by atoms with van der Waals surface area (Å²) in [5, 5.41) is 4.09. The van der Waals surface area contributed by atoms with E-state index in [0.717, 1.165) is 11.4 Å². The van der Waals surface area contributed by atoms with Crippen LogP contribution in [0.5, 0.6) is 0 Å². The summed E-state index contributed by atoms with van der Waals surface area (Å²) < 4.78 is 4.40. The van der Waals surface area contributed by atoms with Crippen molar-refractivity contribution in [2.75, 3.05) is 0 Å². The number of aryl methyl sites for hydroxylation is 2. The maximum atomic E-state index is 5.13. The zero-order valence-corrected chi connectivity index (χ0v) is 8.30. The highest BCUT2D eigenvalue weighted by Gasteiger charge is 2.03. The van der Waals surface area contributed by atoms with Crippen LogP contribution in [-0.4, -0.2) is 19.3 Å². The van der Waals surface area contributed by atoms with Crippen LogP contribution in [0.15, 0.2) is 18.6 Å². The Labute approximate surface area is 80.8 Å². The maximum absolute atomic E-state index is 5.13. The minimum Gasteiger partial charge on any atom is -0.337 e. The van der Waals surface area contributed by atoms with Crippen molar-refractivity contribution >= 4 is 12.2 Å². The molecule has 0 atom stereocenters. The molecule has 0 unspecified atom stereocenters. The molecular formula is C8H10N4S. The standard InChI is InChI=1S/C8H10N4S/c1-6-3-9-8(13)12(6)7-4-10-11(2)5-7/h3-5H,1-2H3,(H,9,13). The summed E-state index contributed by atoms with van der Waals surface area (Å²) in [5.41, 5.74) is 2.07. The van der Waals surface area contributed by atoms with Crippen molar-refractivity contribution in [3.05, 3.63) is 29.1 Å². The van der Waals surface area contributed by atoms with Gasteiger partial charge >= 0.3 is 0 Å². The largest absolute Gasteiger partial charge is 0.337 e. The Morgan fingerprint density at radius 3 is 2.77 bits per heavy atom. The van der Waals surface area contributed by atoms with Crippen LogP contribution < -0.4 is 0 Å². The molecule has 5 heteroatoms. The van der Waals surface area contributed by atoms with Gasteiger partial charge in [-0.3, -0.25) is 9.25 Å². The monoisotopic (exact) mass is 194 g/mol. The maximum Gasteiger partial charge on any atom is 0.182 e. The molecule has 1 N–H and O–H groups in total. The first-order valence-electron chi connectivity index (χ1n) is 3.94. The van der Waals surface area contributed by atoms with Crippen LogP contribution in [0.2, 0.25) is 0 Å². The van der Waals surface area contributed by atoms with Gasteiger partial charge in [-0.1, -0.05) is 0 Å². The number of aromatic nitrogens is 4. The van der Waals surface area contributed by atoms with Crippen LogP contribution in [0.1, 0.15) is 5.69 Å². The summed E-state index contributed by atoms with van der Waals surface area (Å²) in [4.78, 5) is 2.99. The lowest BCUT2D eigenvalue weighted by atomic mass is 10.5. The number of nitrogens with zero attached hydrogens (tertiary/aromatic N) is 3. The lowest BCUT2D eigenvalue weighted by Gasteiger charge is -1.98. The molecule has 0 fully saturated rings. The Kier molecular flexibility index (Phi) is 1.81. The molecule has 0 aliphatic carbocycles. The second kappa shape index (κ2) is 2.85. The molecule has 0 radical (unpaired) electrons. The number of imidazole rings is 1. The third-order valence-electron chi connectivity index (χ3n) is 1.91. The molecule has 2 aromatic heterocycles. The zero-order chi connectivity index (χ0) is 9.42. The number of nitrogens with one attached hydrogen (secondary N) is 1. The van der Waals surface area contributed by atoms with Gasteiger partial charge < -0.3 is 4.98 Å². The minimum absolute atomic E-state index is 0.700. The van der Waals surface area contributed by atoms with E-state index >= 15 is 0 Å². The van der Waals surface area contributed by atoms with Gasteiger partial charge in [-0.2, -0.15) is 5.10 Å². The lowest BCUT2D eigenvalue weighted by Crippen LogP contribution is -1.94. The number of aromatic amines is 1. The summed E-state index contributed by atoms with van der Waals surface area (Å²) in [7, 11) is 1.88. The van der Waals surface area contributed by atoms with Gasteiger partial charge in [0.25, 0.3) is 0 Å². The fourth-order valence-electron chi connectivity index (χ4n) is 1.30. The van der Waals surface area contributed by atoms with E-state index in [1.165, 1.54) is 0 Å². The predicted octanol–water partition coefficient (Wildman–Crippen LogP) is 1.58. The first-order chi connectivity index (χ1) is 6.18. The van der Waals surface area contributed by atoms with Gasteiger partial charge in [0.05, 0.1) is 11.9 Å². The van der Waals surface area contributed by atoms with Crippen LogP contribution in [0, 0.1) is 11.7 Å². The summed E-state index contributed by atoms with van der Waals surface area (Å²) in [6, 6.07) is 0. The molecule has 0 aromatic carbocycles. The number of hydrogen-bond acceptors (Lipinski definition) is 2. The van der Waals surface area contributed by atoms with Gasteiger partial charge in [-0.25, -0.2) is 0 Å². The van der Waals surface area contributed by atoms with Crippen molar-refractivity contribution in [1.29, 1.82) is 0 Å². The summed E-state index contributed by atoms with van der Waals surface area (Å²) in [6.07, 6.45) is 5.60. The first kappa shape index (κ1) is 8.25. The fourth-order valence-corrected chi connectivity index (χ4v) is 1.61. The highest BCUT2D eigenvalue weighted by atomic mass is 32.1. The highest BCUT2D eigenvalue weighted by molar-refractivity contribution is 7.71. The second-order valence-corrected chi connectivity index (χ2v) is 3.33. The highest BCUT2D eigenvalue weighted by Crippen LogP contribution is 2.09. The average molecular weight is 194 g/mol. The van der Waals surface area contributed by atoms with Crippen molar-refractivity contribution in [3.63, 3.8) is 0 Å². The first-order valence-corrected chi connectivity index (χ1v) is 4.35. The SMILES string of the molecule is Cc1c[nH]c(=S)n1-c1cnn(C)c1. The predicted molar refractivity (Wildman–Crippen MR) is 52.5 cm³/mol. The van der Waals surface area contributed by atoms with Crippen molar-refractivity contribution in [2.24, 2.45) is 7.05 Å². The second-order valence-electron chi connectivity index (χ2n) is 2.94. The van der Waals surface area contributed by atoms with Crippen molar-refractivity contribution in [2.45, 2.75) is 6.92 Å². The van der Waals surface area contributed by atoms with E-state index in [0.29, 0.717) is 4.77 Å². The molecule has 68 valence electrons. The third-order valence-corrected chi connectivity index (χ3v) is 2.21. The van der Waals surface area contributed by atoms with Crippen molar-refractivity contribution in [1.82, 2.24) is 19.3 Å². The topological polar surface area (TPSA) is 38.5 Å². The van der Waals surface area contributed by atoms with Gasteiger partial charge in [0.1, 0.15) is 0 Å². The van der Waals surface area contributed by atoms with Crippen LogP contribution >= 0.6 is 12.2 Å². The molecule has 13 heavy (non-hydrogen) atoms. The van der Waals surface area contributed by atoms with Crippen LogP contribution in [-0.2, 0) is 7.05 Å². The van der Waals surface area contributed by atoms with E-state index in [1.54, 1.807) is 10.9 Å². The van der Waals surface area contributed by atoms with Crippen molar-refractivity contribution in [3.8, 4) is 5.69 Å². The lowest BCUT2D eigenvalue weighted by molar-refractivity contribution is 0.767. The van der Waals surface area contributed by atoms with Gasteiger partial charge in [-0.05, 0) is 19.1 Å². The van der Waals surface area contributed by atoms with E-state index in [9.17, 15) is 0 Å². The van der Waals surface area contributed by atoms with Crippen LogP contribution in [0.3, 0.4) is 0 Å². The number of H-pyrrole nitrogens is 1. The molecule has 2 heterocycles. The van der Waals surface area contributed by atoms with Gasteiger partial charge in [0.2, 0.25) is 0 Å². The molecule has 2 aromatic rings. The average Bonchev–Trinajstić information content (AvgIpc) is 2.60. The summed E-state index contributed by atoms with van der Waals surface area (Å²) in [5.74, 6) is 0. The third kappa shape index (κ3) is 1.31. The molecule has 4 nitrogen and oxygen atoms in total. The normalized spacial score (nSPS) is 10.6. The minimum atomic E-state index is 0.700. The Hall–Kier alpha value is -1.36. The molecule has 0 saturated carbocycles.